The first-order valence-electron chi connectivity index (χ1n) is 6.97. The minimum Gasteiger partial charge on any atom is -0.396 e. The van der Waals surface area contributed by atoms with Gasteiger partial charge in [0.25, 0.3) is 0 Å². The molecule has 1 aromatic carbocycles. The molecule has 1 aromatic rings. The second kappa shape index (κ2) is 6.52. The van der Waals surface area contributed by atoms with Gasteiger partial charge in [0.1, 0.15) is 5.82 Å². The Balaban J connectivity index is 2.42. The average Bonchev–Trinajstić information content (AvgIpc) is 2.45. The highest BCUT2D eigenvalue weighted by molar-refractivity contribution is 9.10. The summed E-state index contributed by atoms with van der Waals surface area (Å²) in [6.45, 7) is 7.51. The summed E-state index contributed by atoms with van der Waals surface area (Å²) in [6, 6.07) is 5.25. The Morgan fingerprint density at radius 3 is 2.65 bits per heavy atom. The van der Waals surface area contributed by atoms with Gasteiger partial charge in [-0.2, -0.15) is 0 Å². The molecule has 0 saturated carbocycles. The molecule has 20 heavy (non-hydrogen) atoms. The lowest BCUT2D eigenvalue weighted by atomic mass is 9.79. The van der Waals surface area contributed by atoms with Gasteiger partial charge in [-0.15, -0.1) is 0 Å². The van der Waals surface area contributed by atoms with Gasteiger partial charge in [-0.25, -0.2) is 4.39 Å². The maximum absolute atomic E-state index is 14.5. The average molecular weight is 345 g/mol. The summed E-state index contributed by atoms with van der Waals surface area (Å²) in [5.41, 5.74) is 0.249. The number of rotatable bonds is 4. The van der Waals surface area contributed by atoms with Crippen LogP contribution in [0.1, 0.15) is 25.5 Å². The topological polar surface area (TPSA) is 35.5 Å². The number of piperazine rings is 1. The van der Waals surface area contributed by atoms with E-state index in [9.17, 15) is 9.50 Å². The zero-order valence-corrected chi connectivity index (χ0v) is 13.6. The summed E-state index contributed by atoms with van der Waals surface area (Å²) < 4.78 is 15.0. The molecule has 0 amide bonds. The first-order valence-corrected chi connectivity index (χ1v) is 7.76. The van der Waals surface area contributed by atoms with Crippen molar-refractivity contribution in [1.29, 1.82) is 0 Å². The van der Waals surface area contributed by atoms with Crippen LogP contribution in [0.4, 0.5) is 4.39 Å². The van der Waals surface area contributed by atoms with Crippen molar-refractivity contribution in [3.8, 4) is 0 Å². The molecule has 1 saturated heterocycles. The van der Waals surface area contributed by atoms with Crippen LogP contribution in [0.15, 0.2) is 22.7 Å². The summed E-state index contributed by atoms with van der Waals surface area (Å²) >= 11 is 3.26. The second-order valence-corrected chi connectivity index (χ2v) is 6.83. The molecule has 112 valence electrons. The van der Waals surface area contributed by atoms with Crippen molar-refractivity contribution >= 4 is 15.9 Å². The molecule has 0 bridgehead atoms. The highest BCUT2D eigenvalue weighted by Crippen LogP contribution is 2.40. The third-order valence-electron chi connectivity index (χ3n) is 3.94. The predicted octanol–water partition coefficient (Wildman–Crippen LogP) is 2.55. The van der Waals surface area contributed by atoms with Gasteiger partial charge in [0.15, 0.2) is 0 Å². The van der Waals surface area contributed by atoms with Crippen LogP contribution in [0.5, 0.6) is 0 Å². The van der Waals surface area contributed by atoms with Crippen LogP contribution in [0, 0.1) is 11.2 Å². The molecule has 1 aliphatic rings. The molecule has 0 aliphatic carbocycles. The SMILES string of the molecule is CC(C)(CO)[C@H](c1cccc(Br)c1F)N1CCNCC1. The number of hydrogen-bond donors (Lipinski definition) is 2. The van der Waals surface area contributed by atoms with Gasteiger partial charge in [0.05, 0.1) is 4.47 Å². The molecule has 5 heteroatoms. The van der Waals surface area contributed by atoms with Gasteiger partial charge in [0.2, 0.25) is 0 Å². The molecule has 3 nitrogen and oxygen atoms in total. The van der Waals surface area contributed by atoms with Crippen molar-refractivity contribution in [3.63, 3.8) is 0 Å². The molecule has 1 fully saturated rings. The van der Waals surface area contributed by atoms with Crippen molar-refractivity contribution in [2.24, 2.45) is 5.41 Å². The second-order valence-electron chi connectivity index (χ2n) is 5.98. The number of hydrogen-bond acceptors (Lipinski definition) is 3. The molecule has 0 spiro atoms. The number of nitrogens with one attached hydrogen (secondary N) is 1. The Labute approximate surface area is 128 Å². The maximum atomic E-state index is 14.5. The predicted molar refractivity (Wildman–Crippen MR) is 82.2 cm³/mol. The van der Waals surface area contributed by atoms with E-state index in [1.807, 2.05) is 26.0 Å². The van der Waals surface area contributed by atoms with Crippen molar-refractivity contribution in [2.45, 2.75) is 19.9 Å². The fraction of sp³-hybridized carbons (Fsp3) is 0.600. The van der Waals surface area contributed by atoms with Crippen molar-refractivity contribution < 1.29 is 9.50 Å². The van der Waals surface area contributed by atoms with E-state index in [4.69, 9.17) is 0 Å². The van der Waals surface area contributed by atoms with Crippen LogP contribution in [0.2, 0.25) is 0 Å². The Bertz CT molecular complexity index is 461. The smallest absolute Gasteiger partial charge is 0.142 e. The van der Waals surface area contributed by atoms with Crippen molar-refractivity contribution in [3.05, 3.63) is 34.1 Å². The molecule has 1 atom stereocenters. The highest BCUT2D eigenvalue weighted by atomic mass is 79.9. The number of aliphatic hydroxyl groups is 1. The minimum absolute atomic E-state index is 0.0214. The van der Waals surface area contributed by atoms with Gasteiger partial charge in [-0.1, -0.05) is 26.0 Å². The highest BCUT2D eigenvalue weighted by Gasteiger charge is 2.37. The Morgan fingerprint density at radius 1 is 1.40 bits per heavy atom. The lowest BCUT2D eigenvalue weighted by molar-refractivity contribution is 0.0286. The lowest BCUT2D eigenvalue weighted by Gasteiger charge is -2.43. The summed E-state index contributed by atoms with van der Waals surface area (Å²) in [6.07, 6.45) is 0. The summed E-state index contributed by atoms with van der Waals surface area (Å²) in [5.74, 6) is -0.224. The van der Waals surface area contributed by atoms with Crippen LogP contribution in [-0.4, -0.2) is 42.8 Å². The van der Waals surface area contributed by atoms with Gasteiger partial charge in [-0.3, -0.25) is 4.90 Å². The third kappa shape index (κ3) is 3.22. The summed E-state index contributed by atoms with van der Waals surface area (Å²) in [4.78, 5) is 2.26. The van der Waals surface area contributed by atoms with Crippen LogP contribution < -0.4 is 5.32 Å². The van der Waals surface area contributed by atoms with Crippen LogP contribution in [0.25, 0.3) is 0 Å². The summed E-state index contributed by atoms with van der Waals surface area (Å²) in [5, 5.41) is 13.0. The fourth-order valence-corrected chi connectivity index (χ4v) is 3.25. The molecule has 1 aliphatic heterocycles. The van der Waals surface area contributed by atoms with E-state index in [2.05, 4.69) is 26.1 Å². The quantitative estimate of drug-likeness (QED) is 0.881. The van der Waals surface area contributed by atoms with Crippen LogP contribution >= 0.6 is 15.9 Å². The standard InChI is InChI=1S/C15H22BrFN2O/c1-15(2,10-20)14(19-8-6-18-7-9-19)11-4-3-5-12(16)13(11)17/h3-5,14,18,20H,6-10H2,1-2H3/t14-/m0/s1. The van der Waals surface area contributed by atoms with E-state index in [-0.39, 0.29) is 18.5 Å². The van der Waals surface area contributed by atoms with Gasteiger partial charge >= 0.3 is 0 Å². The Hall–Kier alpha value is -0.490. The number of nitrogens with zero attached hydrogens (tertiary/aromatic N) is 1. The minimum atomic E-state index is -0.404. The Morgan fingerprint density at radius 2 is 2.05 bits per heavy atom. The van der Waals surface area contributed by atoms with E-state index in [0.29, 0.717) is 10.0 Å². The normalized spacial score (nSPS) is 19.1. The largest absolute Gasteiger partial charge is 0.396 e. The first kappa shape index (κ1) is 15.9. The molecule has 0 aromatic heterocycles. The zero-order chi connectivity index (χ0) is 14.8. The van der Waals surface area contributed by atoms with Crippen LogP contribution in [-0.2, 0) is 0 Å². The fourth-order valence-electron chi connectivity index (χ4n) is 2.87. The van der Waals surface area contributed by atoms with E-state index in [1.54, 1.807) is 6.07 Å². The van der Waals surface area contributed by atoms with Crippen molar-refractivity contribution in [1.82, 2.24) is 10.2 Å². The molecular formula is C15H22BrFN2O. The molecular weight excluding hydrogens is 323 g/mol. The van der Waals surface area contributed by atoms with E-state index < -0.39 is 5.41 Å². The summed E-state index contributed by atoms with van der Waals surface area (Å²) in [7, 11) is 0. The molecule has 0 unspecified atom stereocenters. The van der Waals surface area contributed by atoms with E-state index in [1.165, 1.54) is 0 Å². The molecule has 1 heterocycles. The van der Waals surface area contributed by atoms with E-state index >= 15 is 0 Å². The van der Waals surface area contributed by atoms with E-state index in [0.717, 1.165) is 26.2 Å². The third-order valence-corrected chi connectivity index (χ3v) is 4.55. The van der Waals surface area contributed by atoms with Crippen LogP contribution in [0.3, 0.4) is 0 Å². The van der Waals surface area contributed by atoms with Gasteiger partial charge < -0.3 is 10.4 Å². The Kier molecular flexibility index (Phi) is 5.18. The molecule has 0 radical (unpaired) electrons. The number of benzene rings is 1. The van der Waals surface area contributed by atoms with Gasteiger partial charge in [0, 0.05) is 49.8 Å². The maximum Gasteiger partial charge on any atom is 0.142 e. The monoisotopic (exact) mass is 344 g/mol. The zero-order valence-electron chi connectivity index (χ0n) is 12.0. The molecule has 2 N–H and O–H groups in total. The number of halogens is 2. The van der Waals surface area contributed by atoms with Gasteiger partial charge in [-0.05, 0) is 22.0 Å². The van der Waals surface area contributed by atoms with Crippen molar-refractivity contribution in [2.75, 3.05) is 32.8 Å². The lowest BCUT2D eigenvalue weighted by Crippen LogP contribution is -2.49. The molecule has 2 rings (SSSR count). The number of aliphatic hydroxyl groups excluding tert-OH is 1. The first-order chi connectivity index (χ1) is 9.47.